The smallest absolute Gasteiger partial charge is 0.311 e. The van der Waals surface area contributed by atoms with Crippen molar-refractivity contribution in [2.45, 2.75) is 103 Å². The highest BCUT2D eigenvalue weighted by molar-refractivity contribution is 6.77. The quantitative estimate of drug-likeness (QED) is 0.259. The third kappa shape index (κ3) is 6.50. The van der Waals surface area contributed by atoms with E-state index in [0.29, 0.717) is 23.0 Å². The van der Waals surface area contributed by atoms with Crippen molar-refractivity contribution >= 4 is 14.3 Å². The summed E-state index contributed by atoms with van der Waals surface area (Å²) in [4.78, 5) is 12.7. The van der Waals surface area contributed by atoms with E-state index in [1.165, 1.54) is 0 Å². The first-order chi connectivity index (χ1) is 12.1. The lowest BCUT2D eigenvalue weighted by Gasteiger charge is -2.46. The van der Waals surface area contributed by atoms with Gasteiger partial charge >= 0.3 is 5.97 Å². The van der Waals surface area contributed by atoms with Crippen molar-refractivity contribution in [2.75, 3.05) is 6.61 Å². The molecule has 3 atom stereocenters. The molecule has 0 amide bonds. The zero-order chi connectivity index (χ0) is 20.5. The highest BCUT2D eigenvalue weighted by Crippen LogP contribution is 2.44. The second kappa shape index (κ2) is 11.9. The van der Waals surface area contributed by atoms with E-state index in [9.17, 15) is 9.90 Å². The highest BCUT2D eigenvalue weighted by Gasteiger charge is 2.49. The number of aliphatic hydroxyl groups is 1. The van der Waals surface area contributed by atoms with Crippen LogP contribution in [0.4, 0.5) is 0 Å². The number of unbranched alkanes of at least 4 members (excludes halogenated alkanes) is 1. The SMILES string of the molecule is C=CCOC(=O)[C@H](CCCC)[C@@H](O[Si](C(C)C)(C(C)C)C(C)C)[C@H](C)O. The van der Waals surface area contributed by atoms with Gasteiger partial charge in [-0.15, -0.1) is 0 Å². The molecule has 0 saturated carbocycles. The van der Waals surface area contributed by atoms with Crippen LogP contribution >= 0.6 is 0 Å². The molecule has 154 valence electrons. The van der Waals surface area contributed by atoms with Crippen LogP contribution in [-0.2, 0) is 14.0 Å². The summed E-state index contributed by atoms with van der Waals surface area (Å²) in [6.45, 7) is 20.9. The third-order valence-corrected chi connectivity index (χ3v) is 11.5. The Balaban J connectivity index is 5.84. The summed E-state index contributed by atoms with van der Waals surface area (Å²) in [5.74, 6) is -0.735. The molecule has 0 fully saturated rings. The van der Waals surface area contributed by atoms with E-state index in [-0.39, 0.29) is 12.6 Å². The Hall–Kier alpha value is -0.653. The van der Waals surface area contributed by atoms with Crippen molar-refractivity contribution in [1.29, 1.82) is 0 Å². The molecule has 4 nitrogen and oxygen atoms in total. The number of rotatable bonds is 13. The highest BCUT2D eigenvalue weighted by atomic mass is 28.4. The normalized spacial score (nSPS) is 16.0. The predicted octanol–water partition coefficient (Wildman–Crippen LogP) is 5.46. The van der Waals surface area contributed by atoms with E-state index in [2.05, 4.69) is 55.0 Å². The van der Waals surface area contributed by atoms with Crippen molar-refractivity contribution in [3.63, 3.8) is 0 Å². The van der Waals surface area contributed by atoms with Crippen molar-refractivity contribution < 1.29 is 19.1 Å². The fourth-order valence-corrected chi connectivity index (χ4v) is 9.90. The number of carbonyl (C=O) groups is 1. The Kier molecular flexibility index (Phi) is 11.6. The van der Waals surface area contributed by atoms with Gasteiger partial charge < -0.3 is 14.3 Å². The molecule has 1 N–H and O–H groups in total. The molecule has 0 radical (unpaired) electrons. The van der Waals surface area contributed by atoms with Crippen LogP contribution in [0.15, 0.2) is 12.7 Å². The predicted molar refractivity (Wildman–Crippen MR) is 112 cm³/mol. The average molecular weight is 387 g/mol. The molecule has 0 aromatic carbocycles. The van der Waals surface area contributed by atoms with Gasteiger partial charge in [-0.2, -0.15) is 0 Å². The van der Waals surface area contributed by atoms with Crippen LogP contribution in [0, 0.1) is 5.92 Å². The Morgan fingerprint density at radius 2 is 1.58 bits per heavy atom. The molecular weight excluding hydrogens is 344 g/mol. The van der Waals surface area contributed by atoms with Gasteiger partial charge in [0, 0.05) is 0 Å². The maximum Gasteiger partial charge on any atom is 0.311 e. The van der Waals surface area contributed by atoms with Gasteiger partial charge in [0.25, 0.3) is 0 Å². The molecule has 0 rings (SSSR count). The van der Waals surface area contributed by atoms with Crippen LogP contribution in [0.25, 0.3) is 0 Å². The van der Waals surface area contributed by atoms with E-state index in [0.717, 1.165) is 12.8 Å². The van der Waals surface area contributed by atoms with E-state index >= 15 is 0 Å². The Labute approximate surface area is 162 Å². The number of carbonyl (C=O) groups excluding carboxylic acids is 1. The summed E-state index contributed by atoms with van der Waals surface area (Å²) in [5.41, 5.74) is 1.17. The van der Waals surface area contributed by atoms with Crippen molar-refractivity contribution in [2.24, 2.45) is 5.92 Å². The molecule has 0 aromatic heterocycles. The fourth-order valence-electron chi connectivity index (χ4n) is 4.25. The Morgan fingerprint density at radius 3 is 1.92 bits per heavy atom. The summed E-state index contributed by atoms with van der Waals surface area (Å²) < 4.78 is 12.2. The van der Waals surface area contributed by atoms with Gasteiger partial charge in [0.2, 0.25) is 8.32 Å². The summed E-state index contributed by atoms with van der Waals surface area (Å²) in [6.07, 6.45) is 2.87. The average Bonchev–Trinajstić information content (AvgIpc) is 2.54. The monoisotopic (exact) mass is 386 g/mol. The molecule has 0 unspecified atom stereocenters. The molecule has 0 aliphatic rings. The van der Waals surface area contributed by atoms with Gasteiger partial charge in [0.1, 0.15) is 6.61 Å². The van der Waals surface area contributed by atoms with Gasteiger partial charge in [-0.3, -0.25) is 4.79 Å². The first-order valence-electron chi connectivity index (χ1n) is 10.2. The van der Waals surface area contributed by atoms with Gasteiger partial charge in [-0.1, -0.05) is 74.0 Å². The Bertz CT molecular complexity index is 396. The van der Waals surface area contributed by atoms with Crippen LogP contribution in [0.2, 0.25) is 16.6 Å². The number of ether oxygens (including phenoxy) is 1. The third-order valence-electron chi connectivity index (χ3n) is 5.43. The largest absolute Gasteiger partial charge is 0.461 e. The zero-order valence-corrected chi connectivity index (χ0v) is 19.2. The second-order valence-electron chi connectivity index (χ2n) is 8.31. The molecule has 0 heterocycles. The summed E-state index contributed by atoms with van der Waals surface area (Å²) in [6, 6.07) is 0. The van der Waals surface area contributed by atoms with Crippen LogP contribution in [0.1, 0.15) is 74.7 Å². The van der Waals surface area contributed by atoms with E-state index in [1.807, 2.05) is 0 Å². The first-order valence-corrected chi connectivity index (χ1v) is 12.3. The number of hydrogen-bond donors (Lipinski definition) is 1. The molecule has 0 saturated heterocycles. The van der Waals surface area contributed by atoms with E-state index in [1.54, 1.807) is 13.0 Å². The maximum absolute atomic E-state index is 12.7. The summed E-state index contributed by atoms with van der Waals surface area (Å²) in [5, 5.41) is 10.5. The lowest BCUT2D eigenvalue weighted by molar-refractivity contribution is -0.154. The minimum atomic E-state index is -2.22. The standard InChI is InChI=1S/C21H42O4Si/c1-10-12-13-19(21(23)24-14-11-2)20(18(9)22)25-26(15(3)4,16(5)6)17(7)8/h11,15-20,22H,2,10,12-14H2,1,3-9H3/t18-,19+,20-/m0/s1. The Morgan fingerprint density at radius 1 is 1.08 bits per heavy atom. The molecule has 0 bridgehead atoms. The molecular formula is C21H42O4Si. The van der Waals surface area contributed by atoms with Gasteiger partial charge in [0.15, 0.2) is 0 Å². The second-order valence-corrected chi connectivity index (χ2v) is 13.7. The minimum Gasteiger partial charge on any atom is -0.461 e. The van der Waals surface area contributed by atoms with Crippen molar-refractivity contribution in [1.82, 2.24) is 0 Å². The molecule has 5 heteroatoms. The molecule has 0 aliphatic heterocycles. The topological polar surface area (TPSA) is 55.8 Å². The minimum absolute atomic E-state index is 0.190. The first kappa shape index (κ1) is 25.3. The van der Waals surface area contributed by atoms with Crippen LogP contribution in [0.3, 0.4) is 0 Å². The van der Waals surface area contributed by atoms with Gasteiger partial charge in [0.05, 0.1) is 18.1 Å². The zero-order valence-electron chi connectivity index (χ0n) is 18.2. The van der Waals surface area contributed by atoms with Crippen LogP contribution in [0.5, 0.6) is 0 Å². The van der Waals surface area contributed by atoms with Crippen LogP contribution < -0.4 is 0 Å². The number of hydrogen-bond acceptors (Lipinski definition) is 4. The number of aliphatic hydroxyl groups excluding tert-OH is 1. The molecule has 26 heavy (non-hydrogen) atoms. The fraction of sp³-hybridized carbons (Fsp3) is 0.857. The lowest BCUT2D eigenvalue weighted by atomic mass is 9.93. The van der Waals surface area contributed by atoms with Crippen molar-refractivity contribution in [3.8, 4) is 0 Å². The molecule has 0 aromatic rings. The van der Waals surface area contributed by atoms with E-state index < -0.39 is 26.4 Å². The molecule has 0 spiro atoms. The van der Waals surface area contributed by atoms with Gasteiger partial charge in [-0.05, 0) is 30.0 Å². The number of esters is 1. The van der Waals surface area contributed by atoms with Crippen molar-refractivity contribution in [3.05, 3.63) is 12.7 Å². The lowest BCUT2D eigenvalue weighted by Crippen LogP contribution is -2.54. The summed E-state index contributed by atoms with van der Waals surface area (Å²) >= 11 is 0. The van der Waals surface area contributed by atoms with Gasteiger partial charge in [-0.25, -0.2) is 0 Å². The summed E-state index contributed by atoms with van der Waals surface area (Å²) in [7, 11) is -2.22. The van der Waals surface area contributed by atoms with E-state index in [4.69, 9.17) is 9.16 Å². The van der Waals surface area contributed by atoms with Crippen LogP contribution in [-0.4, -0.2) is 38.2 Å². The maximum atomic E-state index is 12.7. The molecule has 0 aliphatic carbocycles.